The van der Waals surface area contributed by atoms with E-state index in [9.17, 15) is 10.5 Å². The molecular formula is C26H22O6. The molecule has 162 valence electrons. The molecule has 0 heterocycles. The van der Waals surface area contributed by atoms with Crippen LogP contribution in [0.4, 0.5) is 0 Å². The average molecular weight is 430 g/mol. The molecule has 6 nitrogen and oxygen atoms in total. The molecule has 0 fully saturated rings. The summed E-state index contributed by atoms with van der Waals surface area (Å²) in [6, 6.07) is 35.3. The van der Waals surface area contributed by atoms with Gasteiger partial charge in [-0.05, 0) is 0 Å². The second-order valence-corrected chi connectivity index (χ2v) is 7.05. The van der Waals surface area contributed by atoms with Gasteiger partial charge in [0.2, 0.25) is 0 Å². The van der Waals surface area contributed by atoms with Crippen molar-refractivity contribution in [3.8, 4) is 0 Å². The number of rotatable bonds is 9. The minimum atomic E-state index is -1.87. The molecule has 4 aromatic rings. The third-order valence-electron chi connectivity index (χ3n) is 5.15. The summed E-state index contributed by atoms with van der Waals surface area (Å²) in [7, 11) is 0. The van der Waals surface area contributed by atoms with Gasteiger partial charge < -0.3 is 0 Å². The Hall–Kier alpha value is -3.36. The Kier molecular flexibility index (Phi) is 6.72. The van der Waals surface area contributed by atoms with Gasteiger partial charge >= 0.3 is 0 Å². The summed E-state index contributed by atoms with van der Waals surface area (Å²) >= 11 is 0. The van der Waals surface area contributed by atoms with Gasteiger partial charge in [0.05, 0.1) is 0 Å². The highest BCUT2D eigenvalue weighted by molar-refractivity contribution is 5.35. The van der Waals surface area contributed by atoms with E-state index >= 15 is 0 Å². The van der Waals surface area contributed by atoms with Crippen molar-refractivity contribution in [2.75, 3.05) is 0 Å². The highest BCUT2D eigenvalue weighted by atomic mass is 17.3. The van der Waals surface area contributed by atoms with E-state index in [2.05, 4.69) is 0 Å². The predicted molar refractivity (Wildman–Crippen MR) is 117 cm³/mol. The normalized spacial score (nSPS) is 11.9. The third kappa shape index (κ3) is 4.06. The zero-order chi connectivity index (χ0) is 22.3. The first-order valence-corrected chi connectivity index (χ1v) is 9.99. The lowest BCUT2D eigenvalue weighted by Gasteiger charge is -2.35. The van der Waals surface area contributed by atoms with Gasteiger partial charge in [0, 0.05) is 22.3 Å². The monoisotopic (exact) mass is 430 g/mol. The molecule has 0 radical (unpaired) electrons. The molecule has 0 saturated heterocycles. The lowest BCUT2D eigenvalue weighted by Crippen LogP contribution is -2.41. The van der Waals surface area contributed by atoms with E-state index in [1.807, 2.05) is 24.3 Å². The Bertz CT molecular complexity index is 918. The van der Waals surface area contributed by atoms with Crippen LogP contribution in [0.2, 0.25) is 0 Å². The van der Waals surface area contributed by atoms with Gasteiger partial charge in [-0.2, -0.15) is 19.6 Å². The van der Waals surface area contributed by atoms with Crippen molar-refractivity contribution in [2.45, 2.75) is 11.6 Å². The quantitative estimate of drug-likeness (QED) is 0.201. The van der Waals surface area contributed by atoms with Crippen molar-refractivity contribution in [1.82, 2.24) is 0 Å². The molecule has 0 aliphatic heterocycles. The van der Waals surface area contributed by atoms with Crippen molar-refractivity contribution < 1.29 is 30.1 Å². The van der Waals surface area contributed by atoms with E-state index in [0.29, 0.717) is 22.3 Å². The molecule has 0 unspecified atom stereocenters. The fourth-order valence-electron chi connectivity index (χ4n) is 3.51. The molecule has 0 aliphatic rings. The molecule has 6 heteroatoms. The lowest BCUT2D eigenvalue weighted by molar-refractivity contribution is -0.566. The maximum absolute atomic E-state index is 10.1. The summed E-state index contributed by atoms with van der Waals surface area (Å²) in [6.07, 6.45) is 0. The molecule has 2 N–H and O–H groups in total. The molecule has 0 aromatic heterocycles. The van der Waals surface area contributed by atoms with Crippen molar-refractivity contribution in [3.63, 3.8) is 0 Å². The van der Waals surface area contributed by atoms with E-state index < -0.39 is 11.6 Å². The highest BCUT2D eigenvalue weighted by Gasteiger charge is 2.46. The van der Waals surface area contributed by atoms with Gasteiger partial charge in [-0.1, -0.05) is 121 Å². The van der Waals surface area contributed by atoms with Crippen LogP contribution in [0.1, 0.15) is 22.3 Å². The Morgan fingerprint density at radius 2 is 0.594 bits per heavy atom. The molecule has 0 aliphatic carbocycles. The van der Waals surface area contributed by atoms with E-state index in [1.165, 1.54) is 0 Å². The topological polar surface area (TPSA) is 77.4 Å². The molecule has 4 rings (SSSR count). The van der Waals surface area contributed by atoms with E-state index in [4.69, 9.17) is 19.6 Å². The van der Waals surface area contributed by atoms with E-state index in [0.717, 1.165) is 0 Å². The van der Waals surface area contributed by atoms with Gasteiger partial charge in [0.1, 0.15) is 0 Å². The number of hydrogen-bond donors (Lipinski definition) is 2. The maximum Gasteiger partial charge on any atom is 0.284 e. The number of benzene rings is 4. The molecule has 0 bridgehead atoms. The molecule has 0 atom stereocenters. The Balaban J connectivity index is 1.83. The lowest BCUT2D eigenvalue weighted by atomic mass is 9.97. The smallest absolute Gasteiger partial charge is 0.248 e. The summed E-state index contributed by atoms with van der Waals surface area (Å²) in [5, 5.41) is 20.2. The molecule has 0 saturated carbocycles. The van der Waals surface area contributed by atoms with Crippen molar-refractivity contribution >= 4 is 0 Å². The first-order valence-electron chi connectivity index (χ1n) is 9.99. The molecule has 0 amide bonds. The maximum atomic E-state index is 10.1. The Labute approximate surface area is 185 Å². The van der Waals surface area contributed by atoms with Crippen molar-refractivity contribution in [1.29, 1.82) is 0 Å². The molecule has 32 heavy (non-hydrogen) atoms. The van der Waals surface area contributed by atoms with Crippen LogP contribution in [-0.2, 0) is 31.1 Å². The second kappa shape index (κ2) is 9.84. The molecule has 0 spiro atoms. The van der Waals surface area contributed by atoms with Crippen LogP contribution >= 0.6 is 0 Å². The fourth-order valence-corrected chi connectivity index (χ4v) is 3.51. The van der Waals surface area contributed by atoms with Crippen LogP contribution in [0, 0.1) is 0 Å². The van der Waals surface area contributed by atoms with E-state index in [-0.39, 0.29) is 0 Å². The third-order valence-corrected chi connectivity index (χ3v) is 5.15. The first-order chi connectivity index (χ1) is 15.7. The summed E-state index contributed by atoms with van der Waals surface area (Å²) in [5.74, 6) is -3.73. The zero-order valence-corrected chi connectivity index (χ0v) is 17.1. The Morgan fingerprint density at radius 1 is 0.375 bits per heavy atom. The average Bonchev–Trinajstić information content (AvgIpc) is 2.89. The second-order valence-electron chi connectivity index (χ2n) is 7.05. The number of hydrogen-bond acceptors (Lipinski definition) is 6. The van der Waals surface area contributed by atoms with E-state index in [1.54, 1.807) is 97.1 Å². The summed E-state index contributed by atoms with van der Waals surface area (Å²) < 4.78 is 0. The summed E-state index contributed by atoms with van der Waals surface area (Å²) in [6.45, 7) is 0. The largest absolute Gasteiger partial charge is 0.284 e. The minimum Gasteiger partial charge on any atom is -0.248 e. The summed E-state index contributed by atoms with van der Waals surface area (Å²) in [4.78, 5) is 21.6. The van der Waals surface area contributed by atoms with Gasteiger partial charge in [-0.3, -0.25) is 0 Å². The van der Waals surface area contributed by atoms with Crippen LogP contribution in [0.25, 0.3) is 0 Å². The van der Waals surface area contributed by atoms with Gasteiger partial charge in [0.25, 0.3) is 11.6 Å². The fraction of sp³-hybridized carbons (Fsp3) is 0.0769. The first kappa shape index (κ1) is 21.9. The standard InChI is InChI=1S/C26H22O6/c27-29-25(21-13-5-1-6-14-21,22-15-7-2-8-16-22)31-32-26(30-28,23-17-9-3-10-18-23)24-19-11-4-12-20-24/h1-20,27-28H. The van der Waals surface area contributed by atoms with Gasteiger partial charge in [0.15, 0.2) is 0 Å². The van der Waals surface area contributed by atoms with Gasteiger partial charge in [-0.15, -0.1) is 0 Å². The predicted octanol–water partition coefficient (Wildman–Crippen LogP) is 5.72. The van der Waals surface area contributed by atoms with Crippen LogP contribution < -0.4 is 0 Å². The van der Waals surface area contributed by atoms with Gasteiger partial charge in [-0.25, -0.2) is 10.5 Å². The van der Waals surface area contributed by atoms with Crippen LogP contribution in [0.5, 0.6) is 0 Å². The minimum absolute atomic E-state index is 0.460. The SMILES string of the molecule is OOC(OOC(OO)(c1ccccc1)c1ccccc1)(c1ccccc1)c1ccccc1. The highest BCUT2D eigenvalue weighted by Crippen LogP contribution is 2.40. The molecular weight excluding hydrogens is 408 g/mol. The zero-order valence-electron chi connectivity index (χ0n) is 17.1. The Morgan fingerprint density at radius 3 is 0.781 bits per heavy atom. The molecule has 4 aromatic carbocycles. The van der Waals surface area contributed by atoms with Crippen molar-refractivity contribution in [2.24, 2.45) is 0 Å². The van der Waals surface area contributed by atoms with Crippen molar-refractivity contribution in [3.05, 3.63) is 144 Å². The van der Waals surface area contributed by atoms with Crippen LogP contribution in [-0.4, -0.2) is 10.5 Å². The van der Waals surface area contributed by atoms with Crippen LogP contribution in [0.3, 0.4) is 0 Å². The van der Waals surface area contributed by atoms with Crippen LogP contribution in [0.15, 0.2) is 121 Å². The summed E-state index contributed by atoms with van der Waals surface area (Å²) in [5.41, 5.74) is 1.84.